The summed E-state index contributed by atoms with van der Waals surface area (Å²) in [6, 6.07) is 6.83. The summed E-state index contributed by atoms with van der Waals surface area (Å²) in [5, 5.41) is 1.22. The maximum atomic E-state index is 4.57. The number of rotatable bonds is 1. The molecule has 84 valence electrons. The zero-order valence-electron chi connectivity index (χ0n) is 9.23. The fourth-order valence-corrected chi connectivity index (χ4v) is 2.74. The molecule has 1 atom stereocenters. The predicted molar refractivity (Wildman–Crippen MR) is 68.6 cm³/mol. The molecule has 3 nitrogen and oxygen atoms in total. The lowest BCUT2D eigenvalue weighted by Gasteiger charge is -2.13. The van der Waals surface area contributed by atoms with Gasteiger partial charge in [0, 0.05) is 24.2 Å². The number of hydrogen-bond acceptors (Lipinski definition) is 2. The van der Waals surface area contributed by atoms with Crippen molar-refractivity contribution in [1.82, 2.24) is 14.5 Å². The maximum absolute atomic E-state index is 4.57. The number of likely N-dealkylation sites (N-methyl/N-ethyl adjacent to an activating group) is 1. The summed E-state index contributed by atoms with van der Waals surface area (Å²) in [7, 11) is 2.18. The van der Waals surface area contributed by atoms with E-state index in [0.29, 0.717) is 6.04 Å². The minimum atomic E-state index is 0.573. The Bertz CT molecular complexity index is 520. The van der Waals surface area contributed by atoms with Crippen LogP contribution in [0.2, 0.25) is 0 Å². The molecule has 0 bridgehead atoms. The largest absolute Gasteiger partial charge is 0.328 e. The molecule has 1 aliphatic rings. The lowest BCUT2D eigenvalue weighted by molar-refractivity contribution is 0.394. The predicted octanol–water partition coefficient (Wildman–Crippen LogP) is 2.68. The highest BCUT2D eigenvalue weighted by Crippen LogP contribution is 2.26. The third-order valence-corrected chi connectivity index (χ3v) is 3.73. The summed E-state index contributed by atoms with van der Waals surface area (Å²) in [5.41, 5.74) is 1.09. The van der Waals surface area contributed by atoms with Crippen molar-refractivity contribution in [2.75, 3.05) is 20.1 Å². The summed E-state index contributed by atoms with van der Waals surface area (Å²) >= 11 is 3.44. The Labute approximate surface area is 103 Å². The second-order valence-corrected chi connectivity index (χ2v) is 5.29. The number of aromatic nitrogens is 2. The van der Waals surface area contributed by atoms with E-state index in [0.717, 1.165) is 16.8 Å². The fourth-order valence-electron chi connectivity index (χ4n) is 2.44. The Balaban J connectivity index is 2.06. The summed E-state index contributed by atoms with van der Waals surface area (Å²) in [5.74, 6) is 0. The van der Waals surface area contributed by atoms with Crippen molar-refractivity contribution in [3.8, 4) is 0 Å². The van der Waals surface area contributed by atoms with Crippen LogP contribution in [0.3, 0.4) is 0 Å². The quantitative estimate of drug-likeness (QED) is 0.749. The Morgan fingerprint density at radius 1 is 1.38 bits per heavy atom. The van der Waals surface area contributed by atoms with Crippen LogP contribution in [0.5, 0.6) is 0 Å². The summed E-state index contributed by atoms with van der Waals surface area (Å²) < 4.78 is 3.22. The van der Waals surface area contributed by atoms with Crippen LogP contribution in [0.1, 0.15) is 12.5 Å². The van der Waals surface area contributed by atoms with Gasteiger partial charge < -0.3 is 9.47 Å². The monoisotopic (exact) mass is 279 g/mol. The van der Waals surface area contributed by atoms with Crippen LogP contribution in [0.25, 0.3) is 11.0 Å². The minimum absolute atomic E-state index is 0.573. The summed E-state index contributed by atoms with van der Waals surface area (Å²) in [6.45, 7) is 2.30. The molecule has 0 aliphatic carbocycles. The minimum Gasteiger partial charge on any atom is -0.328 e. The van der Waals surface area contributed by atoms with Crippen LogP contribution >= 0.6 is 15.9 Å². The zero-order chi connectivity index (χ0) is 11.1. The molecule has 1 saturated heterocycles. The van der Waals surface area contributed by atoms with Gasteiger partial charge in [-0.1, -0.05) is 0 Å². The van der Waals surface area contributed by atoms with Gasteiger partial charge in [0.2, 0.25) is 0 Å². The number of halogens is 1. The van der Waals surface area contributed by atoms with Crippen molar-refractivity contribution in [3.63, 3.8) is 0 Å². The van der Waals surface area contributed by atoms with Gasteiger partial charge in [-0.05, 0) is 54.1 Å². The van der Waals surface area contributed by atoms with Crippen LogP contribution in [0, 0.1) is 0 Å². The van der Waals surface area contributed by atoms with Gasteiger partial charge in [-0.2, -0.15) is 0 Å². The van der Waals surface area contributed by atoms with Gasteiger partial charge in [0.25, 0.3) is 0 Å². The smallest absolute Gasteiger partial charge is 0.141 e. The molecule has 3 rings (SSSR count). The first-order valence-electron chi connectivity index (χ1n) is 5.56. The van der Waals surface area contributed by atoms with Crippen LogP contribution in [-0.4, -0.2) is 34.6 Å². The van der Waals surface area contributed by atoms with E-state index >= 15 is 0 Å². The Hall–Kier alpha value is -0.870. The molecule has 2 aromatic heterocycles. The topological polar surface area (TPSA) is 21.1 Å². The van der Waals surface area contributed by atoms with E-state index < -0.39 is 0 Å². The van der Waals surface area contributed by atoms with Crippen molar-refractivity contribution in [2.45, 2.75) is 12.5 Å². The first-order chi connectivity index (χ1) is 7.74. The lowest BCUT2D eigenvalue weighted by atomic mass is 10.2. The van der Waals surface area contributed by atoms with Gasteiger partial charge in [-0.25, -0.2) is 4.98 Å². The highest BCUT2D eigenvalue weighted by atomic mass is 79.9. The SMILES string of the molecule is CN1CCC(n2ccc3ccc(Br)nc32)C1. The van der Waals surface area contributed by atoms with Crippen molar-refractivity contribution in [3.05, 3.63) is 29.0 Å². The first-order valence-corrected chi connectivity index (χ1v) is 6.35. The first kappa shape index (κ1) is 10.3. The van der Waals surface area contributed by atoms with E-state index in [2.05, 4.69) is 55.8 Å². The third kappa shape index (κ3) is 1.66. The van der Waals surface area contributed by atoms with Gasteiger partial charge in [0.05, 0.1) is 0 Å². The second-order valence-electron chi connectivity index (χ2n) is 4.47. The van der Waals surface area contributed by atoms with Crippen molar-refractivity contribution in [2.24, 2.45) is 0 Å². The number of hydrogen-bond donors (Lipinski definition) is 0. The molecule has 0 N–H and O–H groups in total. The molecule has 0 aromatic carbocycles. The number of fused-ring (bicyclic) bond motifs is 1. The van der Waals surface area contributed by atoms with Crippen LogP contribution < -0.4 is 0 Å². The average Bonchev–Trinajstić information content (AvgIpc) is 2.83. The Kier molecular flexibility index (Phi) is 2.48. The van der Waals surface area contributed by atoms with E-state index in [9.17, 15) is 0 Å². The molecule has 2 aromatic rings. The molecule has 3 heterocycles. The van der Waals surface area contributed by atoms with Crippen LogP contribution in [0.15, 0.2) is 29.0 Å². The molecule has 0 spiro atoms. The van der Waals surface area contributed by atoms with E-state index in [1.165, 1.54) is 18.4 Å². The summed E-state index contributed by atoms with van der Waals surface area (Å²) in [4.78, 5) is 6.94. The van der Waals surface area contributed by atoms with E-state index in [1.807, 2.05) is 6.07 Å². The van der Waals surface area contributed by atoms with Gasteiger partial charge >= 0.3 is 0 Å². The molecule has 4 heteroatoms. The van der Waals surface area contributed by atoms with Crippen LogP contribution in [0.4, 0.5) is 0 Å². The van der Waals surface area contributed by atoms with E-state index in [4.69, 9.17) is 0 Å². The molecule has 16 heavy (non-hydrogen) atoms. The average molecular weight is 280 g/mol. The Morgan fingerprint density at radius 3 is 3.00 bits per heavy atom. The third-order valence-electron chi connectivity index (χ3n) is 3.29. The van der Waals surface area contributed by atoms with Crippen molar-refractivity contribution >= 4 is 27.0 Å². The molecule has 0 amide bonds. The Morgan fingerprint density at radius 2 is 2.25 bits per heavy atom. The summed E-state index contributed by atoms with van der Waals surface area (Å²) in [6.07, 6.45) is 3.38. The molecule has 1 aliphatic heterocycles. The number of pyridine rings is 1. The molecule has 1 fully saturated rings. The highest BCUT2D eigenvalue weighted by Gasteiger charge is 2.22. The molecular weight excluding hydrogens is 266 g/mol. The number of likely N-dealkylation sites (tertiary alicyclic amines) is 1. The second kappa shape index (κ2) is 3.86. The standard InChI is InChI=1S/C12H14BrN3/c1-15-6-5-10(8-15)16-7-4-9-2-3-11(13)14-12(9)16/h2-4,7,10H,5-6,8H2,1H3. The maximum Gasteiger partial charge on any atom is 0.141 e. The van der Waals surface area contributed by atoms with Crippen LogP contribution in [-0.2, 0) is 0 Å². The molecule has 1 unspecified atom stereocenters. The van der Waals surface area contributed by atoms with E-state index in [1.54, 1.807) is 0 Å². The lowest BCUT2D eigenvalue weighted by Crippen LogP contribution is -2.16. The number of nitrogens with zero attached hydrogens (tertiary/aromatic N) is 3. The fraction of sp³-hybridized carbons (Fsp3) is 0.417. The molecule has 0 saturated carbocycles. The van der Waals surface area contributed by atoms with E-state index in [-0.39, 0.29) is 0 Å². The molecular formula is C12H14BrN3. The van der Waals surface area contributed by atoms with Crippen molar-refractivity contribution in [1.29, 1.82) is 0 Å². The highest BCUT2D eigenvalue weighted by molar-refractivity contribution is 9.10. The molecule has 0 radical (unpaired) electrons. The van der Waals surface area contributed by atoms with Gasteiger partial charge in [-0.15, -0.1) is 0 Å². The normalized spacial score (nSPS) is 22.0. The van der Waals surface area contributed by atoms with Gasteiger partial charge in [0.15, 0.2) is 0 Å². The van der Waals surface area contributed by atoms with Crippen molar-refractivity contribution < 1.29 is 0 Å². The zero-order valence-corrected chi connectivity index (χ0v) is 10.8. The van der Waals surface area contributed by atoms with Gasteiger partial charge in [-0.3, -0.25) is 0 Å². The van der Waals surface area contributed by atoms with Gasteiger partial charge in [0.1, 0.15) is 10.3 Å².